The van der Waals surface area contributed by atoms with Gasteiger partial charge in [0.25, 0.3) is 0 Å². The molecule has 0 aliphatic rings. The van der Waals surface area contributed by atoms with Gasteiger partial charge in [-0.2, -0.15) is 0 Å². The predicted octanol–water partition coefficient (Wildman–Crippen LogP) is 1.88. The van der Waals surface area contributed by atoms with Crippen molar-refractivity contribution in [2.24, 2.45) is 5.92 Å². The van der Waals surface area contributed by atoms with Crippen LogP contribution in [0, 0.1) is 12.8 Å². The fourth-order valence-electron chi connectivity index (χ4n) is 1.21. The third-order valence-corrected chi connectivity index (χ3v) is 3.51. The zero-order valence-corrected chi connectivity index (χ0v) is 11.1. The number of pyridine rings is 1. The van der Waals surface area contributed by atoms with Crippen LogP contribution in [-0.4, -0.2) is 24.3 Å². The molecule has 0 amide bonds. The second kappa shape index (κ2) is 5.35. The van der Waals surface area contributed by atoms with Gasteiger partial charge in [0, 0.05) is 5.69 Å². The van der Waals surface area contributed by atoms with Gasteiger partial charge in [-0.05, 0) is 31.4 Å². The quantitative estimate of drug-likeness (QED) is 0.845. The Morgan fingerprint density at radius 3 is 2.65 bits per heavy atom. The fraction of sp³-hybridized carbons (Fsp3) is 0.545. The van der Waals surface area contributed by atoms with E-state index in [4.69, 9.17) is 0 Å². The average Bonchev–Trinajstić information content (AvgIpc) is 2.20. The molecule has 96 valence electrons. The van der Waals surface area contributed by atoms with E-state index >= 15 is 0 Å². The molecule has 1 aromatic rings. The number of aromatic nitrogens is 1. The third kappa shape index (κ3) is 4.60. The molecule has 0 aliphatic heterocycles. The number of nitrogens with zero attached hydrogens (tertiary/aromatic N) is 1. The molecule has 0 atom stereocenters. The number of nitrogens with one attached hydrogen (secondary N) is 1. The van der Waals surface area contributed by atoms with Crippen molar-refractivity contribution < 1.29 is 13.5 Å². The van der Waals surface area contributed by atoms with Crippen molar-refractivity contribution in [3.05, 3.63) is 17.8 Å². The standard InChI is InChI=1S/C11H18N2O3S/c1-8(2)6-7-17(15,16)13-11-10(14)5-4-9(3)12-11/h4-5,8,14H,6-7H2,1-3H3,(H,12,13). The van der Waals surface area contributed by atoms with Gasteiger partial charge in [0.15, 0.2) is 11.6 Å². The van der Waals surface area contributed by atoms with Gasteiger partial charge in [-0.1, -0.05) is 13.8 Å². The minimum atomic E-state index is -3.44. The first-order valence-electron chi connectivity index (χ1n) is 5.47. The molecule has 2 N–H and O–H groups in total. The molecule has 1 aromatic heterocycles. The Hall–Kier alpha value is -1.30. The summed E-state index contributed by atoms with van der Waals surface area (Å²) in [6, 6.07) is 3.03. The van der Waals surface area contributed by atoms with Crippen LogP contribution in [-0.2, 0) is 10.0 Å². The van der Waals surface area contributed by atoms with Crippen molar-refractivity contribution in [1.29, 1.82) is 0 Å². The van der Waals surface area contributed by atoms with Crippen molar-refractivity contribution in [3.8, 4) is 5.75 Å². The lowest BCUT2D eigenvalue weighted by atomic mass is 10.2. The Bertz CT molecular complexity index is 483. The van der Waals surface area contributed by atoms with Gasteiger partial charge in [-0.25, -0.2) is 13.4 Å². The maximum Gasteiger partial charge on any atom is 0.233 e. The molecule has 0 spiro atoms. The topological polar surface area (TPSA) is 79.3 Å². The minimum absolute atomic E-state index is 0.00578. The largest absolute Gasteiger partial charge is 0.504 e. The summed E-state index contributed by atoms with van der Waals surface area (Å²) in [5, 5.41) is 9.49. The average molecular weight is 258 g/mol. The summed E-state index contributed by atoms with van der Waals surface area (Å²) >= 11 is 0. The highest BCUT2D eigenvalue weighted by Gasteiger charge is 2.14. The van der Waals surface area contributed by atoms with Crippen LogP contribution < -0.4 is 4.72 Å². The lowest BCUT2D eigenvalue weighted by Gasteiger charge is -2.10. The summed E-state index contributed by atoms with van der Waals surface area (Å²) in [5.74, 6) is 0.169. The lowest BCUT2D eigenvalue weighted by molar-refractivity contribution is 0.475. The fourth-order valence-corrected chi connectivity index (χ4v) is 2.54. The zero-order chi connectivity index (χ0) is 13.1. The Balaban J connectivity index is 2.79. The highest BCUT2D eigenvalue weighted by Crippen LogP contribution is 2.21. The van der Waals surface area contributed by atoms with Crippen LogP contribution in [0.1, 0.15) is 26.0 Å². The number of aryl methyl sites for hydroxylation is 1. The second-order valence-electron chi connectivity index (χ2n) is 4.42. The molecule has 0 saturated heterocycles. The summed E-state index contributed by atoms with van der Waals surface area (Å²) in [7, 11) is -3.44. The van der Waals surface area contributed by atoms with Crippen molar-refractivity contribution in [2.45, 2.75) is 27.2 Å². The first-order chi connectivity index (χ1) is 7.80. The Morgan fingerprint density at radius 1 is 1.41 bits per heavy atom. The van der Waals surface area contributed by atoms with Crippen molar-refractivity contribution >= 4 is 15.8 Å². The van der Waals surface area contributed by atoms with Gasteiger partial charge >= 0.3 is 0 Å². The molecular weight excluding hydrogens is 240 g/mol. The Labute approximate surface area is 102 Å². The van der Waals surface area contributed by atoms with Gasteiger partial charge in [0.05, 0.1) is 5.75 Å². The smallest absolute Gasteiger partial charge is 0.233 e. The van der Waals surface area contributed by atoms with Gasteiger partial charge in [-0.3, -0.25) is 4.72 Å². The first-order valence-corrected chi connectivity index (χ1v) is 7.12. The lowest BCUT2D eigenvalue weighted by Crippen LogP contribution is -2.18. The summed E-state index contributed by atoms with van der Waals surface area (Å²) < 4.78 is 25.7. The van der Waals surface area contributed by atoms with Crippen LogP contribution in [0.2, 0.25) is 0 Å². The highest BCUT2D eigenvalue weighted by atomic mass is 32.2. The number of hydrogen-bond donors (Lipinski definition) is 2. The summed E-state index contributed by atoms with van der Waals surface area (Å²) in [4.78, 5) is 3.94. The number of hydrogen-bond acceptors (Lipinski definition) is 4. The molecule has 0 unspecified atom stereocenters. The summed E-state index contributed by atoms with van der Waals surface area (Å²) in [6.45, 7) is 5.64. The molecule has 0 saturated carbocycles. The van der Waals surface area contributed by atoms with Crippen LogP contribution in [0.5, 0.6) is 5.75 Å². The molecule has 1 rings (SSSR count). The van der Waals surface area contributed by atoms with E-state index in [0.717, 1.165) is 0 Å². The van der Waals surface area contributed by atoms with Crippen LogP contribution >= 0.6 is 0 Å². The summed E-state index contributed by atoms with van der Waals surface area (Å²) in [5.41, 5.74) is 0.643. The molecule has 0 aliphatic carbocycles. The Kier molecular flexibility index (Phi) is 4.34. The maximum atomic E-state index is 11.7. The van der Waals surface area contributed by atoms with E-state index in [0.29, 0.717) is 18.0 Å². The molecule has 17 heavy (non-hydrogen) atoms. The van der Waals surface area contributed by atoms with Crippen LogP contribution in [0.4, 0.5) is 5.82 Å². The van der Waals surface area contributed by atoms with Crippen molar-refractivity contribution in [3.63, 3.8) is 0 Å². The predicted molar refractivity (Wildman–Crippen MR) is 67.5 cm³/mol. The molecule has 0 fully saturated rings. The zero-order valence-electron chi connectivity index (χ0n) is 10.3. The molecule has 0 radical (unpaired) electrons. The van der Waals surface area contributed by atoms with Gasteiger partial charge < -0.3 is 5.11 Å². The number of sulfonamides is 1. The molecule has 5 nitrogen and oxygen atoms in total. The maximum absolute atomic E-state index is 11.7. The van der Waals surface area contributed by atoms with E-state index in [1.807, 2.05) is 13.8 Å². The normalized spacial score (nSPS) is 11.8. The SMILES string of the molecule is Cc1ccc(O)c(NS(=O)(=O)CCC(C)C)n1. The van der Waals surface area contributed by atoms with E-state index in [1.165, 1.54) is 6.07 Å². The van der Waals surface area contributed by atoms with E-state index in [9.17, 15) is 13.5 Å². The summed E-state index contributed by atoms with van der Waals surface area (Å²) in [6.07, 6.45) is 0.571. The van der Waals surface area contributed by atoms with Crippen LogP contribution in [0.15, 0.2) is 12.1 Å². The van der Waals surface area contributed by atoms with Crippen molar-refractivity contribution in [2.75, 3.05) is 10.5 Å². The van der Waals surface area contributed by atoms with Crippen LogP contribution in [0.25, 0.3) is 0 Å². The third-order valence-electron chi connectivity index (χ3n) is 2.23. The molecule has 1 heterocycles. The minimum Gasteiger partial charge on any atom is -0.504 e. The monoisotopic (exact) mass is 258 g/mol. The highest BCUT2D eigenvalue weighted by molar-refractivity contribution is 7.92. The first kappa shape index (κ1) is 13.8. The second-order valence-corrected chi connectivity index (χ2v) is 6.27. The number of aromatic hydroxyl groups is 1. The molecule has 6 heteroatoms. The van der Waals surface area contributed by atoms with E-state index < -0.39 is 10.0 Å². The molecular formula is C11H18N2O3S. The number of rotatable bonds is 5. The van der Waals surface area contributed by atoms with Gasteiger partial charge in [0.1, 0.15) is 0 Å². The number of anilines is 1. The Morgan fingerprint density at radius 2 is 2.06 bits per heavy atom. The molecule has 0 bridgehead atoms. The van der Waals surface area contributed by atoms with Crippen LogP contribution in [0.3, 0.4) is 0 Å². The van der Waals surface area contributed by atoms with Gasteiger partial charge in [0.2, 0.25) is 10.0 Å². The van der Waals surface area contributed by atoms with E-state index in [-0.39, 0.29) is 17.3 Å². The van der Waals surface area contributed by atoms with E-state index in [1.54, 1.807) is 13.0 Å². The van der Waals surface area contributed by atoms with Crippen molar-refractivity contribution in [1.82, 2.24) is 4.98 Å². The molecule has 0 aromatic carbocycles. The van der Waals surface area contributed by atoms with E-state index in [2.05, 4.69) is 9.71 Å². The van der Waals surface area contributed by atoms with Gasteiger partial charge in [-0.15, -0.1) is 0 Å².